The lowest BCUT2D eigenvalue weighted by Crippen LogP contribution is -2.45. The van der Waals surface area contributed by atoms with Gasteiger partial charge in [-0.3, -0.25) is 4.79 Å². The van der Waals surface area contributed by atoms with Gasteiger partial charge in [0.15, 0.2) is 0 Å². The van der Waals surface area contributed by atoms with Crippen LogP contribution in [0.4, 0.5) is 0 Å². The van der Waals surface area contributed by atoms with E-state index in [0.717, 1.165) is 6.54 Å². The van der Waals surface area contributed by atoms with Gasteiger partial charge < -0.3 is 20.3 Å². The fourth-order valence-corrected chi connectivity index (χ4v) is 3.25. The van der Waals surface area contributed by atoms with Gasteiger partial charge in [0.05, 0.1) is 24.2 Å². The van der Waals surface area contributed by atoms with E-state index < -0.39 is 11.6 Å². The third-order valence-electron chi connectivity index (χ3n) is 4.65. The Morgan fingerprint density at radius 2 is 1.85 bits per heavy atom. The molecule has 0 spiro atoms. The second-order valence-corrected chi connectivity index (χ2v) is 6.29. The van der Waals surface area contributed by atoms with E-state index in [1.165, 1.54) is 25.7 Å². The summed E-state index contributed by atoms with van der Waals surface area (Å²) < 4.78 is 5.75. The van der Waals surface area contributed by atoms with Gasteiger partial charge in [-0.05, 0) is 38.5 Å². The molecule has 2 aliphatic carbocycles. The first-order valence-corrected chi connectivity index (χ1v) is 7.87. The highest BCUT2D eigenvalue weighted by Gasteiger charge is 2.35. The Bertz CT molecular complexity index is 307. The normalized spacial score (nSPS) is 31.6. The highest BCUT2D eigenvalue weighted by Crippen LogP contribution is 2.31. The van der Waals surface area contributed by atoms with Crippen LogP contribution in [0.25, 0.3) is 0 Å². The van der Waals surface area contributed by atoms with E-state index in [1.54, 1.807) is 0 Å². The van der Waals surface area contributed by atoms with Crippen LogP contribution in [-0.4, -0.2) is 47.6 Å². The summed E-state index contributed by atoms with van der Waals surface area (Å²) in [7, 11) is 0. The number of aliphatic hydroxyl groups is 1. The smallest absolute Gasteiger partial charge is 0.306 e. The van der Waals surface area contributed by atoms with Crippen LogP contribution in [0, 0.1) is 5.92 Å². The fourth-order valence-electron chi connectivity index (χ4n) is 3.25. The number of carboxylic acids is 1. The second kappa shape index (κ2) is 7.38. The van der Waals surface area contributed by atoms with E-state index in [0.29, 0.717) is 44.9 Å². The molecule has 2 rings (SSSR count). The molecule has 5 heteroatoms. The Balaban J connectivity index is 1.55. The lowest BCUT2D eigenvalue weighted by Gasteiger charge is -2.34. The summed E-state index contributed by atoms with van der Waals surface area (Å²) >= 11 is 0. The standard InChI is InChI=1S/C15H27NO4/c17-14(18)12-5-7-15(19,8-6-12)11-16-9-10-20-13-3-1-2-4-13/h12-13,16,19H,1-11H2,(H,17,18). The average Bonchev–Trinajstić information content (AvgIpc) is 2.92. The van der Waals surface area contributed by atoms with Gasteiger partial charge in [-0.15, -0.1) is 0 Å². The maximum Gasteiger partial charge on any atom is 0.306 e. The van der Waals surface area contributed by atoms with Crippen LogP contribution >= 0.6 is 0 Å². The molecule has 2 aliphatic rings. The molecule has 116 valence electrons. The Labute approximate surface area is 120 Å². The van der Waals surface area contributed by atoms with Gasteiger partial charge in [-0.2, -0.15) is 0 Å². The zero-order valence-corrected chi connectivity index (χ0v) is 12.1. The minimum absolute atomic E-state index is 0.277. The zero-order valence-electron chi connectivity index (χ0n) is 12.1. The summed E-state index contributed by atoms with van der Waals surface area (Å²) in [6.07, 6.45) is 7.65. The maximum atomic E-state index is 10.9. The maximum absolute atomic E-state index is 10.9. The zero-order chi connectivity index (χ0) is 14.4. The lowest BCUT2D eigenvalue weighted by atomic mass is 9.79. The molecule has 5 nitrogen and oxygen atoms in total. The molecule has 0 atom stereocenters. The first-order valence-electron chi connectivity index (χ1n) is 7.87. The quantitative estimate of drug-likeness (QED) is 0.618. The third-order valence-corrected chi connectivity index (χ3v) is 4.65. The van der Waals surface area contributed by atoms with E-state index in [-0.39, 0.29) is 5.92 Å². The summed E-state index contributed by atoms with van der Waals surface area (Å²) in [4.78, 5) is 10.9. The lowest BCUT2D eigenvalue weighted by molar-refractivity contribution is -0.144. The summed E-state index contributed by atoms with van der Waals surface area (Å²) in [5.74, 6) is -1.01. The monoisotopic (exact) mass is 285 g/mol. The molecule has 0 radical (unpaired) electrons. The van der Waals surface area contributed by atoms with Gasteiger partial charge in [0.25, 0.3) is 0 Å². The van der Waals surface area contributed by atoms with Gasteiger partial charge in [-0.25, -0.2) is 0 Å². The molecule has 0 bridgehead atoms. The van der Waals surface area contributed by atoms with Gasteiger partial charge in [-0.1, -0.05) is 12.8 Å². The Morgan fingerprint density at radius 3 is 2.45 bits per heavy atom. The number of aliphatic carboxylic acids is 1. The largest absolute Gasteiger partial charge is 0.481 e. The third kappa shape index (κ3) is 4.72. The van der Waals surface area contributed by atoms with Crippen molar-refractivity contribution < 1.29 is 19.7 Å². The molecule has 0 unspecified atom stereocenters. The van der Waals surface area contributed by atoms with Gasteiger partial charge in [0, 0.05) is 13.1 Å². The van der Waals surface area contributed by atoms with E-state index in [9.17, 15) is 9.90 Å². The molecule has 20 heavy (non-hydrogen) atoms. The number of rotatable bonds is 7. The molecule has 2 saturated carbocycles. The van der Waals surface area contributed by atoms with E-state index >= 15 is 0 Å². The van der Waals surface area contributed by atoms with Crippen molar-refractivity contribution in [1.82, 2.24) is 5.32 Å². The van der Waals surface area contributed by atoms with Crippen molar-refractivity contribution in [1.29, 1.82) is 0 Å². The summed E-state index contributed by atoms with van der Waals surface area (Å²) in [6, 6.07) is 0. The molecule has 0 heterocycles. The van der Waals surface area contributed by atoms with Crippen LogP contribution in [0.3, 0.4) is 0 Å². The Kier molecular flexibility index (Phi) is 5.81. The fraction of sp³-hybridized carbons (Fsp3) is 0.933. The molecule has 0 saturated heterocycles. The Hall–Kier alpha value is -0.650. The summed E-state index contributed by atoms with van der Waals surface area (Å²) in [5.41, 5.74) is -0.737. The second-order valence-electron chi connectivity index (χ2n) is 6.29. The van der Waals surface area contributed by atoms with Gasteiger partial charge in [0.2, 0.25) is 0 Å². The van der Waals surface area contributed by atoms with Gasteiger partial charge >= 0.3 is 5.97 Å². The number of carbonyl (C=O) groups is 1. The molecule has 0 amide bonds. The number of nitrogens with one attached hydrogen (secondary N) is 1. The van der Waals surface area contributed by atoms with Crippen LogP contribution in [-0.2, 0) is 9.53 Å². The molecule has 3 N–H and O–H groups in total. The number of carboxylic acid groups (broad SMARTS) is 1. The van der Waals surface area contributed by atoms with Crippen molar-refractivity contribution in [3.8, 4) is 0 Å². The SMILES string of the molecule is O=C(O)C1CCC(O)(CNCCOC2CCCC2)CC1. The van der Waals surface area contributed by atoms with Crippen LogP contribution in [0.15, 0.2) is 0 Å². The van der Waals surface area contributed by atoms with E-state index in [1.807, 2.05) is 0 Å². The van der Waals surface area contributed by atoms with E-state index in [2.05, 4.69) is 5.32 Å². The molecular weight excluding hydrogens is 258 g/mol. The van der Waals surface area contributed by atoms with Crippen molar-refractivity contribution in [2.45, 2.75) is 63.1 Å². The van der Waals surface area contributed by atoms with Crippen LogP contribution in [0.1, 0.15) is 51.4 Å². The summed E-state index contributed by atoms with van der Waals surface area (Å²) in [5, 5.41) is 22.6. The predicted molar refractivity (Wildman–Crippen MR) is 75.6 cm³/mol. The highest BCUT2D eigenvalue weighted by molar-refractivity contribution is 5.70. The first kappa shape index (κ1) is 15.7. The molecular formula is C15H27NO4. The number of hydrogen-bond acceptors (Lipinski definition) is 4. The first-order chi connectivity index (χ1) is 9.59. The number of hydrogen-bond donors (Lipinski definition) is 3. The van der Waals surface area contributed by atoms with Crippen LogP contribution < -0.4 is 5.32 Å². The molecule has 0 aromatic carbocycles. The predicted octanol–water partition coefficient (Wildman–Crippen LogP) is 1.54. The van der Waals surface area contributed by atoms with Crippen molar-refractivity contribution in [3.05, 3.63) is 0 Å². The molecule has 0 aromatic heterocycles. The molecule has 2 fully saturated rings. The van der Waals surface area contributed by atoms with Crippen molar-refractivity contribution in [2.75, 3.05) is 19.7 Å². The van der Waals surface area contributed by atoms with Crippen molar-refractivity contribution in [2.24, 2.45) is 5.92 Å². The Morgan fingerprint density at radius 1 is 1.20 bits per heavy atom. The van der Waals surface area contributed by atoms with Gasteiger partial charge in [0.1, 0.15) is 0 Å². The van der Waals surface area contributed by atoms with E-state index in [4.69, 9.17) is 9.84 Å². The average molecular weight is 285 g/mol. The van der Waals surface area contributed by atoms with Crippen molar-refractivity contribution in [3.63, 3.8) is 0 Å². The number of ether oxygens (including phenoxy) is 1. The topological polar surface area (TPSA) is 78.8 Å². The minimum atomic E-state index is -0.737. The minimum Gasteiger partial charge on any atom is -0.481 e. The van der Waals surface area contributed by atoms with Crippen molar-refractivity contribution >= 4 is 5.97 Å². The van der Waals surface area contributed by atoms with Crippen LogP contribution in [0.5, 0.6) is 0 Å². The summed E-state index contributed by atoms with van der Waals surface area (Å²) in [6.45, 7) is 1.98. The van der Waals surface area contributed by atoms with Crippen LogP contribution in [0.2, 0.25) is 0 Å². The molecule has 0 aliphatic heterocycles. The molecule has 0 aromatic rings. The highest BCUT2D eigenvalue weighted by atomic mass is 16.5.